The SMILES string of the molecule is CCCCC(NC(=O)c1cccnc1-n1cnc(-c2ccc(C(F)(F)F)cc2)c1)C(=O)C(N)=O. The second-order valence-electron chi connectivity index (χ2n) is 7.51. The van der Waals surface area contributed by atoms with Crippen molar-refractivity contribution in [3.8, 4) is 17.1 Å². The maximum absolute atomic E-state index is 13.0. The number of nitrogens with one attached hydrogen (secondary N) is 1. The van der Waals surface area contributed by atoms with E-state index in [1.807, 2.05) is 6.92 Å². The minimum Gasteiger partial charge on any atom is -0.363 e. The first-order chi connectivity index (χ1) is 16.1. The molecule has 2 heterocycles. The summed E-state index contributed by atoms with van der Waals surface area (Å²) < 4.78 is 39.9. The van der Waals surface area contributed by atoms with E-state index in [9.17, 15) is 27.6 Å². The number of carbonyl (C=O) groups excluding carboxylic acids is 3. The number of rotatable bonds is 9. The Bertz CT molecular complexity index is 1190. The molecular formula is C23H22F3N5O3. The largest absolute Gasteiger partial charge is 0.416 e. The van der Waals surface area contributed by atoms with Crippen molar-refractivity contribution in [3.63, 3.8) is 0 Å². The Kier molecular flexibility index (Phi) is 7.44. The van der Waals surface area contributed by atoms with E-state index in [0.717, 1.165) is 18.6 Å². The molecule has 0 aliphatic rings. The zero-order valence-corrected chi connectivity index (χ0v) is 18.2. The fourth-order valence-electron chi connectivity index (χ4n) is 3.28. The molecule has 3 N–H and O–H groups in total. The average molecular weight is 473 g/mol. The summed E-state index contributed by atoms with van der Waals surface area (Å²) in [5.74, 6) is -2.47. The van der Waals surface area contributed by atoms with E-state index in [1.165, 1.54) is 47.6 Å². The number of ketones is 1. The Labute approximate surface area is 193 Å². The number of carbonyl (C=O) groups is 3. The van der Waals surface area contributed by atoms with Crippen LogP contribution in [-0.4, -0.2) is 38.2 Å². The molecule has 178 valence electrons. The summed E-state index contributed by atoms with van der Waals surface area (Å²) in [5.41, 5.74) is 5.26. The number of nitrogens with zero attached hydrogens (tertiary/aromatic N) is 3. The van der Waals surface area contributed by atoms with Gasteiger partial charge in [-0.25, -0.2) is 9.97 Å². The van der Waals surface area contributed by atoms with Crippen molar-refractivity contribution in [2.45, 2.75) is 38.4 Å². The summed E-state index contributed by atoms with van der Waals surface area (Å²) in [6, 6.07) is 6.47. The van der Waals surface area contributed by atoms with E-state index < -0.39 is 35.4 Å². The summed E-state index contributed by atoms with van der Waals surface area (Å²) in [4.78, 5) is 44.8. The van der Waals surface area contributed by atoms with Crippen molar-refractivity contribution < 1.29 is 27.6 Å². The lowest BCUT2D eigenvalue weighted by atomic mass is 10.0. The molecule has 34 heavy (non-hydrogen) atoms. The molecule has 0 saturated carbocycles. The molecule has 0 saturated heterocycles. The Morgan fingerprint density at radius 2 is 1.82 bits per heavy atom. The average Bonchev–Trinajstić information content (AvgIpc) is 3.31. The number of pyridine rings is 1. The van der Waals surface area contributed by atoms with Crippen molar-refractivity contribution in [2.75, 3.05) is 0 Å². The second kappa shape index (κ2) is 10.3. The number of nitrogens with two attached hydrogens (primary N) is 1. The fourth-order valence-corrected chi connectivity index (χ4v) is 3.28. The van der Waals surface area contributed by atoms with E-state index in [-0.39, 0.29) is 17.8 Å². The number of Topliss-reactive ketones (excluding diaryl/α,β-unsaturated/α-hetero) is 1. The van der Waals surface area contributed by atoms with Gasteiger partial charge in [0.1, 0.15) is 6.33 Å². The van der Waals surface area contributed by atoms with Crippen molar-refractivity contribution >= 4 is 17.6 Å². The Hall–Kier alpha value is -4.02. The number of hydrogen-bond donors (Lipinski definition) is 2. The van der Waals surface area contributed by atoms with Gasteiger partial charge in [-0.05, 0) is 30.7 Å². The number of halogens is 3. The highest BCUT2D eigenvalue weighted by Gasteiger charge is 2.30. The number of unbranched alkanes of at least 4 members (excludes halogenated alkanes) is 1. The highest BCUT2D eigenvalue weighted by Crippen LogP contribution is 2.30. The summed E-state index contributed by atoms with van der Waals surface area (Å²) in [6.45, 7) is 1.90. The topological polar surface area (TPSA) is 120 Å². The van der Waals surface area contributed by atoms with Crippen LogP contribution in [0.15, 0.2) is 55.1 Å². The maximum Gasteiger partial charge on any atom is 0.416 e. The molecule has 0 spiro atoms. The molecule has 1 atom stereocenters. The van der Waals surface area contributed by atoms with Crippen LogP contribution in [0.4, 0.5) is 13.2 Å². The highest BCUT2D eigenvalue weighted by atomic mass is 19.4. The van der Waals surface area contributed by atoms with Crippen LogP contribution in [0.5, 0.6) is 0 Å². The maximum atomic E-state index is 13.0. The molecular weight excluding hydrogens is 451 g/mol. The van der Waals surface area contributed by atoms with Gasteiger partial charge in [0.05, 0.1) is 22.9 Å². The third kappa shape index (κ3) is 5.66. The van der Waals surface area contributed by atoms with Crippen LogP contribution in [0.25, 0.3) is 17.1 Å². The van der Waals surface area contributed by atoms with E-state index in [2.05, 4.69) is 15.3 Å². The lowest BCUT2D eigenvalue weighted by Crippen LogP contribution is -2.46. The Morgan fingerprint density at radius 1 is 1.12 bits per heavy atom. The van der Waals surface area contributed by atoms with Gasteiger partial charge in [0.15, 0.2) is 5.82 Å². The lowest BCUT2D eigenvalue weighted by Gasteiger charge is -2.17. The van der Waals surface area contributed by atoms with Gasteiger partial charge in [0, 0.05) is 18.0 Å². The van der Waals surface area contributed by atoms with Gasteiger partial charge in [-0.1, -0.05) is 31.9 Å². The molecule has 0 radical (unpaired) electrons. The van der Waals surface area contributed by atoms with Gasteiger partial charge >= 0.3 is 6.18 Å². The lowest BCUT2D eigenvalue weighted by molar-refractivity contribution is -0.137. The Morgan fingerprint density at radius 3 is 2.44 bits per heavy atom. The van der Waals surface area contributed by atoms with Crippen molar-refractivity contribution in [2.24, 2.45) is 5.73 Å². The van der Waals surface area contributed by atoms with Crippen LogP contribution in [-0.2, 0) is 15.8 Å². The summed E-state index contributed by atoms with van der Waals surface area (Å²) in [6.07, 6.45) is 1.50. The molecule has 2 amide bonds. The monoisotopic (exact) mass is 473 g/mol. The number of amides is 2. The summed E-state index contributed by atoms with van der Waals surface area (Å²) in [7, 11) is 0. The van der Waals surface area contributed by atoms with Crippen LogP contribution < -0.4 is 11.1 Å². The van der Waals surface area contributed by atoms with Gasteiger partial charge < -0.3 is 11.1 Å². The van der Waals surface area contributed by atoms with Gasteiger partial charge in [0.25, 0.3) is 11.8 Å². The summed E-state index contributed by atoms with van der Waals surface area (Å²) in [5, 5.41) is 2.55. The van der Waals surface area contributed by atoms with E-state index >= 15 is 0 Å². The number of alkyl halides is 3. The van der Waals surface area contributed by atoms with Crippen LogP contribution in [0, 0.1) is 0 Å². The molecule has 1 aromatic carbocycles. The number of benzene rings is 1. The summed E-state index contributed by atoms with van der Waals surface area (Å²) >= 11 is 0. The van der Waals surface area contributed by atoms with Crippen LogP contribution in [0.3, 0.4) is 0 Å². The molecule has 0 bridgehead atoms. The highest BCUT2D eigenvalue weighted by molar-refractivity contribution is 6.38. The van der Waals surface area contributed by atoms with Crippen LogP contribution in [0.2, 0.25) is 0 Å². The minimum absolute atomic E-state index is 0.109. The first-order valence-corrected chi connectivity index (χ1v) is 10.4. The van der Waals surface area contributed by atoms with Gasteiger partial charge in [-0.15, -0.1) is 0 Å². The first-order valence-electron chi connectivity index (χ1n) is 10.4. The van der Waals surface area contributed by atoms with Crippen LogP contribution in [0.1, 0.15) is 42.1 Å². The van der Waals surface area contributed by atoms with E-state index in [4.69, 9.17) is 5.73 Å². The van der Waals surface area contributed by atoms with Crippen molar-refractivity contribution in [1.82, 2.24) is 19.9 Å². The fraction of sp³-hybridized carbons (Fsp3) is 0.261. The van der Waals surface area contributed by atoms with Gasteiger partial charge in [-0.2, -0.15) is 13.2 Å². The molecule has 3 rings (SSSR count). The quantitative estimate of drug-likeness (QED) is 0.462. The number of hydrogen-bond acceptors (Lipinski definition) is 5. The molecule has 0 aliphatic carbocycles. The minimum atomic E-state index is -4.45. The van der Waals surface area contributed by atoms with E-state index in [0.29, 0.717) is 17.7 Å². The molecule has 2 aromatic heterocycles. The zero-order valence-electron chi connectivity index (χ0n) is 18.2. The second-order valence-corrected chi connectivity index (χ2v) is 7.51. The van der Waals surface area contributed by atoms with Gasteiger partial charge in [-0.3, -0.25) is 19.0 Å². The molecule has 1 unspecified atom stereocenters. The number of primary amides is 1. The van der Waals surface area contributed by atoms with Crippen molar-refractivity contribution in [1.29, 1.82) is 0 Å². The predicted octanol–water partition coefficient (Wildman–Crippen LogP) is 3.30. The van der Waals surface area contributed by atoms with Gasteiger partial charge in [0.2, 0.25) is 5.78 Å². The van der Waals surface area contributed by atoms with E-state index in [1.54, 1.807) is 0 Å². The normalized spacial score (nSPS) is 12.2. The zero-order chi connectivity index (χ0) is 24.9. The molecule has 3 aromatic rings. The Balaban J connectivity index is 1.87. The predicted molar refractivity (Wildman–Crippen MR) is 117 cm³/mol. The standard InChI is InChI=1S/C23H22F3N5O3/c1-2-3-6-17(19(32)20(27)33)30-22(34)16-5-4-11-28-21(16)31-12-18(29-13-31)14-7-9-15(10-8-14)23(24,25)26/h4-5,7-13,17H,2-3,6H2,1H3,(H2,27,33)(H,30,34). The first kappa shape index (κ1) is 24.6. The number of imidazole rings is 1. The third-order valence-corrected chi connectivity index (χ3v) is 5.08. The van der Waals surface area contributed by atoms with Crippen molar-refractivity contribution in [3.05, 3.63) is 66.2 Å². The third-order valence-electron chi connectivity index (χ3n) is 5.08. The smallest absolute Gasteiger partial charge is 0.363 e. The molecule has 0 aliphatic heterocycles. The number of aromatic nitrogens is 3. The molecule has 0 fully saturated rings. The molecule has 11 heteroatoms. The van der Waals surface area contributed by atoms with Crippen LogP contribution >= 0.6 is 0 Å². The molecule has 8 nitrogen and oxygen atoms in total.